The number of phenolic OH excluding ortho intramolecular Hbond substituents is 1. The van der Waals surface area contributed by atoms with Gasteiger partial charge in [-0.2, -0.15) is 0 Å². The number of fused-ring (bicyclic) bond motifs is 1. The second-order valence-electron chi connectivity index (χ2n) is 2.94. The van der Waals surface area contributed by atoms with Crippen LogP contribution in [0.1, 0.15) is 5.56 Å². The van der Waals surface area contributed by atoms with Gasteiger partial charge in [0, 0.05) is 15.5 Å². The van der Waals surface area contributed by atoms with Crippen molar-refractivity contribution in [1.82, 2.24) is 0 Å². The molecule has 0 radical (unpaired) electrons. The Morgan fingerprint density at radius 1 is 1.38 bits per heavy atom. The first-order valence-corrected chi connectivity index (χ1v) is 4.85. The molecule has 68 valence electrons. The number of hydrogen-bond donors (Lipinski definition) is 1. The Morgan fingerprint density at radius 3 is 2.85 bits per heavy atom. The average Bonchev–Trinajstić information content (AvgIpc) is 2.48. The maximum atomic E-state index is 9.47. The third-order valence-electron chi connectivity index (χ3n) is 2.08. The molecule has 2 nitrogen and oxygen atoms in total. The second kappa shape index (κ2) is 2.92. The van der Waals surface area contributed by atoms with Crippen molar-refractivity contribution in [2.45, 2.75) is 6.92 Å². The highest BCUT2D eigenvalue weighted by Gasteiger charge is 2.06. The van der Waals surface area contributed by atoms with E-state index in [1.807, 2.05) is 18.4 Å². The highest BCUT2D eigenvalue weighted by Crippen LogP contribution is 2.35. The Bertz CT molecular complexity index is 445. The summed E-state index contributed by atoms with van der Waals surface area (Å²) in [5.41, 5.74) is 0.879. The summed E-state index contributed by atoms with van der Waals surface area (Å²) in [6.07, 6.45) is 0. The fourth-order valence-electron chi connectivity index (χ4n) is 1.31. The first kappa shape index (κ1) is 8.38. The average molecular weight is 194 g/mol. The van der Waals surface area contributed by atoms with Crippen molar-refractivity contribution < 1.29 is 9.84 Å². The minimum Gasteiger partial charge on any atom is -0.508 e. The number of hydrogen-bond acceptors (Lipinski definition) is 3. The first-order chi connectivity index (χ1) is 6.22. The molecule has 1 aromatic carbocycles. The van der Waals surface area contributed by atoms with Crippen LogP contribution in [0.15, 0.2) is 17.5 Å². The Kier molecular flexibility index (Phi) is 1.88. The number of phenols is 1. The summed E-state index contributed by atoms with van der Waals surface area (Å²) in [6, 6.07) is 3.72. The van der Waals surface area contributed by atoms with Gasteiger partial charge in [-0.1, -0.05) is 0 Å². The summed E-state index contributed by atoms with van der Waals surface area (Å²) in [5, 5.41) is 12.5. The van der Waals surface area contributed by atoms with Crippen LogP contribution in [0.3, 0.4) is 0 Å². The Balaban J connectivity index is 2.77. The van der Waals surface area contributed by atoms with Gasteiger partial charge in [0.05, 0.1) is 7.11 Å². The van der Waals surface area contributed by atoms with E-state index in [0.29, 0.717) is 5.75 Å². The van der Waals surface area contributed by atoms with Crippen molar-refractivity contribution in [3.8, 4) is 11.5 Å². The number of methoxy groups -OCH3 is 1. The molecule has 2 rings (SSSR count). The molecule has 0 atom stereocenters. The van der Waals surface area contributed by atoms with E-state index in [0.717, 1.165) is 21.4 Å². The molecule has 0 bridgehead atoms. The molecule has 3 heteroatoms. The molecule has 0 aliphatic heterocycles. The number of aryl methyl sites for hydroxylation is 1. The molecule has 2 aromatic rings. The molecule has 0 unspecified atom stereocenters. The summed E-state index contributed by atoms with van der Waals surface area (Å²) in [6.45, 7) is 1.88. The van der Waals surface area contributed by atoms with Crippen molar-refractivity contribution in [1.29, 1.82) is 0 Å². The highest BCUT2D eigenvalue weighted by atomic mass is 32.1. The minimum atomic E-state index is 0.344. The lowest BCUT2D eigenvalue weighted by atomic mass is 10.1. The van der Waals surface area contributed by atoms with E-state index in [9.17, 15) is 5.11 Å². The highest BCUT2D eigenvalue weighted by molar-refractivity contribution is 7.17. The van der Waals surface area contributed by atoms with E-state index < -0.39 is 0 Å². The fraction of sp³-hybridized carbons (Fsp3) is 0.200. The van der Waals surface area contributed by atoms with Gasteiger partial charge in [0.25, 0.3) is 0 Å². The minimum absolute atomic E-state index is 0.344. The second-order valence-corrected chi connectivity index (χ2v) is 3.85. The van der Waals surface area contributed by atoms with Crippen LogP contribution in [0.2, 0.25) is 0 Å². The van der Waals surface area contributed by atoms with Crippen LogP contribution < -0.4 is 4.74 Å². The smallest absolute Gasteiger partial charge is 0.137 e. The molecule has 13 heavy (non-hydrogen) atoms. The molecule has 0 aliphatic rings. The fourth-order valence-corrected chi connectivity index (χ4v) is 2.23. The van der Waals surface area contributed by atoms with Crippen molar-refractivity contribution in [2.24, 2.45) is 0 Å². The van der Waals surface area contributed by atoms with Crippen LogP contribution in [-0.2, 0) is 0 Å². The SMILES string of the molecule is COc1csc2cc(O)c(C)cc12. The lowest BCUT2D eigenvalue weighted by Gasteiger charge is -2.00. The normalized spacial score (nSPS) is 10.6. The van der Waals surface area contributed by atoms with Gasteiger partial charge in [0.1, 0.15) is 11.5 Å². The third-order valence-corrected chi connectivity index (χ3v) is 3.00. The topological polar surface area (TPSA) is 29.5 Å². The summed E-state index contributed by atoms with van der Waals surface area (Å²) >= 11 is 1.58. The number of thiophene rings is 1. The number of rotatable bonds is 1. The lowest BCUT2D eigenvalue weighted by Crippen LogP contribution is -1.80. The maximum Gasteiger partial charge on any atom is 0.137 e. The van der Waals surface area contributed by atoms with E-state index in [4.69, 9.17) is 4.74 Å². The quantitative estimate of drug-likeness (QED) is 0.756. The zero-order chi connectivity index (χ0) is 9.42. The number of ether oxygens (including phenoxy) is 1. The molecule has 0 aliphatic carbocycles. The van der Waals surface area contributed by atoms with Crippen molar-refractivity contribution in [2.75, 3.05) is 7.11 Å². The summed E-state index contributed by atoms with van der Waals surface area (Å²) in [5.74, 6) is 1.22. The molecular formula is C10H10O2S. The van der Waals surface area contributed by atoms with Crippen molar-refractivity contribution >= 4 is 21.4 Å². The molecule has 0 spiro atoms. The third kappa shape index (κ3) is 1.25. The summed E-state index contributed by atoms with van der Waals surface area (Å²) in [7, 11) is 1.66. The molecule has 1 heterocycles. The Hall–Kier alpha value is -1.22. The van der Waals surface area contributed by atoms with Crippen LogP contribution >= 0.6 is 11.3 Å². The number of aromatic hydroxyl groups is 1. The van der Waals surface area contributed by atoms with Gasteiger partial charge in [0.2, 0.25) is 0 Å². The van der Waals surface area contributed by atoms with Gasteiger partial charge in [-0.25, -0.2) is 0 Å². The van der Waals surface area contributed by atoms with Gasteiger partial charge in [-0.3, -0.25) is 0 Å². The maximum absolute atomic E-state index is 9.47. The van der Waals surface area contributed by atoms with Crippen molar-refractivity contribution in [3.63, 3.8) is 0 Å². The van der Waals surface area contributed by atoms with E-state index in [2.05, 4.69) is 0 Å². The Labute approximate surface area is 80.4 Å². The Morgan fingerprint density at radius 2 is 2.15 bits per heavy atom. The van der Waals surface area contributed by atoms with Gasteiger partial charge in [-0.05, 0) is 24.6 Å². The largest absolute Gasteiger partial charge is 0.508 e. The summed E-state index contributed by atoms with van der Waals surface area (Å²) in [4.78, 5) is 0. The summed E-state index contributed by atoms with van der Waals surface area (Å²) < 4.78 is 6.25. The van der Waals surface area contributed by atoms with Gasteiger partial charge in [0.15, 0.2) is 0 Å². The molecule has 0 saturated heterocycles. The van der Waals surface area contributed by atoms with Crippen LogP contribution in [0.5, 0.6) is 11.5 Å². The van der Waals surface area contributed by atoms with Gasteiger partial charge >= 0.3 is 0 Å². The molecule has 0 saturated carbocycles. The standard InChI is InChI=1S/C10H10O2S/c1-6-3-7-9(12-2)5-13-10(7)4-8(6)11/h3-5,11H,1-2H3. The first-order valence-electron chi connectivity index (χ1n) is 3.97. The molecule has 0 fully saturated rings. The van der Waals surface area contributed by atoms with Gasteiger partial charge < -0.3 is 9.84 Å². The van der Waals surface area contributed by atoms with Gasteiger partial charge in [-0.15, -0.1) is 11.3 Å². The molecular weight excluding hydrogens is 184 g/mol. The zero-order valence-electron chi connectivity index (χ0n) is 7.50. The van der Waals surface area contributed by atoms with Crippen molar-refractivity contribution in [3.05, 3.63) is 23.1 Å². The molecule has 1 N–H and O–H groups in total. The van der Waals surface area contributed by atoms with E-state index >= 15 is 0 Å². The van der Waals surface area contributed by atoms with Crippen LogP contribution in [-0.4, -0.2) is 12.2 Å². The van der Waals surface area contributed by atoms with Crippen LogP contribution in [0, 0.1) is 6.92 Å². The molecule has 1 aromatic heterocycles. The van der Waals surface area contributed by atoms with Crippen LogP contribution in [0.4, 0.5) is 0 Å². The zero-order valence-corrected chi connectivity index (χ0v) is 8.31. The van der Waals surface area contributed by atoms with E-state index in [1.165, 1.54) is 0 Å². The number of benzene rings is 1. The monoisotopic (exact) mass is 194 g/mol. The van der Waals surface area contributed by atoms with Crippen LogP contribution in [0.25, 0.3) is 10.1 Å². The molecule has 0 amide bonds. The van der Waals surface area contributed by atoms with E-state index in [-0.39, 0.29) is 0 Å². The lowest BCUT2D eigenvalue weighted by molar-refractivity contribution is 0.421. The van der Waals surface area contributed by atoms with E-state index in [1.54, 1.807) is 24.5 Å². The predicted molar refractivity (Wildman–Crippen MR) is 54.8 cm³/mol. The predicted octanol–water partition coefficient (Wildman–Crippen LogP) is 2.92.